The van der Waals surface area contributed by atoms with Crippen LogP contribution in [0.25, 0.3) is 0 Å². The molecule has 1 fully saturated rings. The molecule has 1 N–H and O–H groups in total. The molecule has 1 heterocycles. The fourth-order valence-electron chi connectivity index (χ4n) is 2.19. The molecule has 3 unspecified atom stereocenters. The highest BCUT2D eigenvalue weighted by Crippen LogP contribution is 2.24. The molecule has 0 radical (unpaired) electrons. The molecule has 0 amide bonds. The van der Waals surface area contributed by atoms with Crippen LogP contribution < -0.4 is 0 Å². The molecule has 1 saturated heterocycles. The van der Waals surface area contributed by atoms with Crippen molar-refractivity contribution in [3.8, 4) is 0 Å². The number of rotatable bonds is 3. The van der Waals surface area contributed by atoms with Crippen LogP contribution in [0.4, 0.5) is 4.39 Å². The van der Waals surface area contributed by atoms with Crippen molar-refractivity contribution >= 4 is 0 Å². The first-order chi connectivity index (χ1) is 7.66. The van der Waals surface area contributed by atoms with Gasteiger partial charge >= 0.3 is 0 Å². The molecule has 0 bridgehead atoms. The summed E-state index contributed by atoms with van der Waals surface area (Å²) >= 11 is 0. The fourth-order valence-corrected chi connectivity index (χ4v) is 2.19. The summed E-state index contributed by atoms with van der Waals surface area (Å²) in [7, 11) is 0. The molecule has 16 heavy (non-hydrogen) atoms. The molecule has 88 valence electrons. The van der Waals surface area contributed by atoms with E-state index < -0.39 is 6.10 Å². The van der Waals surface area contributed by atoms with Gasteiger partial charge < -0.3 is 9.84 Å². The Morgan fingerprint density at radius 1 is 1.44 bits per heavy atom. The molecule has 1 aliphatic rings. The Morgan fingerprint density at radius 2 is 2.12 bits per heavy atom. The van der Waals surface area contributed by atoms with Gasteiger partial charge in [0, 0.05) is 13.0 Å². The Hall–Kier alpha value is -0.930. The molecular weight excluding hydrogens is 207 g/mol. The number of hydrogen-bond acceptors (Lipinski definition) is 2. The zero-order chi connectivity index (χ0) is 11.5. The van der Waals surface area contributed by atoms with Crippen molar-refractivity contribution < 1.29 is 14.2 Å². The topological polar surface area (TPSA) is 29.5 Å². The summed E-state index contributed by atoms with van der Waals surface area (Å²) in [5.41, 5.74) is 0.941. The van der Waals surface area contributed by atoms with Crippen LogP contribution in [0.5, 0.6) is 0 Å². The Labute approximate surface area is 95.1 Å². The van der Waals surface area contributed by atoms with E-state index in [1.165, 1.54) is 12.1 Å². The lowest BCUT2D eigenvalue weighted by Gasteiger charge is -2.21. The average molecular weight is 224 g/mol. The molecule has 0 saturated carbocycles. The summed E-state index contributed by atoms with van der Waals surface area (Å²) in [5.74, 6) is 0.152. The van der Waals surface area contributed by atoms with Gasteiger partial charge in [0.1, 0.15) is 5.82 Å². The third-order valence-corrected chi connectivity index (χ3v) is 3.18. The standard InChI is InChI=1S/C13H17FO2/c1-9-6-7-16-13(9)12(15)8-10-2-4-11(14)5-3-10/h2-5,9,12-13,15H,6-8H2,1H3. The Morgan fingerprint density at radius 3 is 2.69 bits per heavy atom. The maximum Gasteiger partial charge on any atom is 0.123 e. The van der Waals surface area contributed by atoms with Crippen molar-refractivity contribution in [3.63, 3.8) is 0 Å². The van der Waals surface area contributed by atoms with Crippen LogP contribution in [-0.4, -0.2) is 23.9 Å². The molecule has 3 heteroatoms. The van der Waals surface area contributed by atoms with Crippen molar-refractivity contribution in [2.45, 2.75) is 32.0 Å². The minimum Gasteiger partial charge on any atom is -0.390 e. The Balaban J connectivity index is 1.96. The SMILES string of the molecule is CC1CCOC1C(O)Cc1ccc(F)cc1. The van der Waals surface area contributed by atoms with Gasteiger partial charge in [-0.1, -0.05) is 19.1 Å². The van der Waals surface area contributed by atoms with Gasteiger partial charge in [-0.2, -0.15) is 0 Å². The number of aliphatic hydroxyl groups excluding tert-OH is 1. The molecule has 0 spiro atoms. The summed E-state index contributed by atoms with van der Waals surface area (Å²) in [5, 5.41) is 10.0. The van der Waals surface area contributed by atoms with Crippen LogP contribution >= 0.6 is 0 Å². The molecule has 1 aliphatic heterocycles. The molecular formula is C13H17FO2. The van der Waals surface area contributed by atoms with Crippen LogP contribution in [0.3, 0.4) is 0 Å². The van der Waals surface area contributed by atoms with E-state index in [0.29, 0.717) is 12.3 Å². The van der Waals surface area contributed by atoms with Crippen LogP contribution in [-0.2, 0) is 11.2 Å². The zero-order valence-corrected chi connectivity index (χ0v) is 9.40. The zero-order valence-electron chi connectivity index (χ0n) is 9.40. The van der Waals surface area contributed by atoms with Gasteiger partial charge in [0.25, 0.3) is 0 Å². The number of halogens is 1. The van der Waals surface area contributed by atoms with Gasteiger partial charge in [-0.3, -0.25) is 0 Å². The van der Waals surface area contributed by atoms with Crippen molar-refractivity contribution in [2.24, 2.45) is 5.92 Å². The smallest absolute Gasteiger partial charge is 0.123 e. The third-order valence-electron chi connectivity index (χ3n) is 3.18. The van der Waals surface area contributed by atoms with Gasteiger partial charge in [-0.05, 0) is 30.0 Å². The lowest BCUT2D eigenvalue weighted by Crippen LogP contribution is -2.31. The summed E-state index contributed by atoms with van der Waals surface area (Å²) < 4.78 is 18.2. The molecule has 3 atom stereocenters. The van der Waals surface area contributed by atoms with Gasteiger partial charge in [-0.15, -0.1) is 0 Å². The van der Waals surface area contributed by atoms with Crippen molar-refractivity contribution in [1.82, 2.24) is 0 Å². The summed E-state index contributed by atoms with van der Waals surface area (Å²) in [4.78, 5) is 0. The van der Waals surface area contributed by atoms with E-state index >= 15 is 0 Å². The second-order valence-corrected chi connectivity index (χ2v) is 4.50. The van der Waals surface area contributed by atoms with Gasteiger partial charge in [-0.25, -0.2) is 4.39 Å². The minimum absolute atomic E-state index is 0.0787. The molecule has 1 aromatic carbocycles. The average Bonchev–Trinajstić information content (AvgIpc) is 2.68. The molecule has 0 aliphatic carbocycles. The normalized spacial score (nSPS) is 26.9. The highest BCUT2D eigenvalue weighted by Gasteiger charge is 2.30. The van der Waals surface area contributed by atoms with Crippen molar-refractivity contribution in [1.29, 1.82) is 0 Å². The fraction of sp³-hybridized carbons (Fsp3) is 0.538. The lowest BCUT2D eigenvalue weighted by atomic mass is 9.95. The van der Waals surface area contributed by atoms with E-state index in [1.54, 1.807) is 12.1 Å². The first-order valence-corrected chi connectivity index (χ1v) is 5.71. The number of hydrogen-bond donors (Lipinski definition) is 1. The van der Waals surface area contributed by atoms with Crippen molar-refractivity contribution in [3.05, 3.63) is 35.6 Å². The van der Waals surface area contributed by atoms with Gasteiger partial charge in [0.15, 0.2) is 0 Å². The van der Waals surface area contributed by atoms with E-state index in [9.17, 15) is 9.50 Å². The highest BCUT2D eigenvalue weighted by atomic mass is 19.1. The predicted octanol–water partition coefficient (Wildman–Crippen LogP) is 2.15. The number of aliphatic hydroxyl groups is 1. The molecule has 2 rings (SSSR count). The Bertz CT molecular complexity index is 336. The minimum atomic E-state index is -0.497. The maximum atomic E-state index is 12.7. The summed E-state index contributed by atoms with van der Waals surface area (Å²) in [6, 6.07) is 6.25. The quantitative estimate of drug-likeness (QED) is 0.852. The second kappa shape index (κ2) is 4.93. The second-order valence-electron chi connectivity index (χ2n) is 4.50. The lowest BCUT2D eigenvalue weighted by molar-refractivity contribution is -0.0157. The van der Waals surface area contributed by atoms with Gasteiger partial charge in [0.2, 0.25) is 0 Å². The van der Waals surface area contributed by atoms with Crippen LogP contribution in [0, 0.1) is 11.7 Å². The third kappa shape index (κ3) is 2.60. The summed E-state index contributed by atoms with van der Waals surface area (Å²) in [6.07, 6.45) is 0.952. The summed E-state index contributed by atoms with van der Waals surface area (Å²) in [6.45, 7) is 2.82. The Kier molecular flexibility index (Phi) is 3.56. The highest BCUT2D eigenvalue weighted by molar-refractivity contribution is 5.17. The van der Waals surface area contributed by atoms with Crippen molar-refractivity contribution in [2.75, 3.05) is 6.61 Å². The largest absolute Gasteiger partial charge is 0.390 e. The van der Waals surface area contributed by atoms with Crippen LogP contribution in [0.15, 0.2) is 24.3 Å². The van der Waals surface area contributed by atoms with E-state index in [4.69, 9.17) is 4.74 Å². The first-order valence-electron chi connectivity index (χ1n) is 5.71. The monoisotopic (exact) mass is 224 g/mol. The van der Waals surface area contributed by atoms with E-state index in [2.05, 4.69) is 6.92 Å². The first kappa shape index (κ1) is 11.6. The van der Waals surface area contributed by atoms with Crippen LogP contribution in [0.2, 0.25) is 0 Å². The number of benzene rings is 1. The van der Waals surface area contributed by atoms with Crippen LogP contribution in [0.1, 0.15) is 18.9 Å². The number of ether oxygens (including phenoxy) is 1. The van der Waals surface area contributed by atoms with E-state index in [1.807, 2.05) is 0 Å². The molecule has 1 aromatic rings. The predicted molar refractivity (Wildman–Crippen MR) is 59.6 cm³/mol. The van der Waals surface area contributed by atoms with E-state index in [0.717, 1.165) is 18.6 Å². The molecule has 2 nitrogen and oxygen atoms in total. The van der Waals surface area contributed by atoms with Gasteiger partial charge in [0.05, 0.1) is 12.2 Å². The van der Waals surface area contributed by atoms with E-state index in [-0.39, 0.29) is 11.9 Å². The maximum absolute atomic E-state index is 12.7. The molecule has 0 aromatic heterocycles.